The predicted octanol–water partition coefficient (Wildman–Crippen LogP) is 5.08. The molecule has 0 bridgehead atoms. The van der Waals surface area contributed by atoms with E-state index >= 15 is 0 Å². The average Bonchev–Trinajstić information content (AvgIpc) is 3.55. The number of nitrogens with zero attached hydrogens (tertiary/aromatic N) is 2. The van der Waals surface area contributed by atoms with Gasteiger partial charge in [0.25, 0.3) is 5.56 Å². The van der Waals surface area contributed by atoms with Crippen LogP contribution in [0.25, 0.3) is 33.6 Å². The van der Waals surface area contributed by atoms with Gasteiger partial charge in [0.2, 0.25) is 5.71 Å². The maximum absolute atomic E-state index is 13.4. The molecule has 2 saturated carbocycles. The third kappa shape index (κ3) is 2.87. The van der Waals surface area contributed by atoms with E-state index in [0.29, 0.717) is 22.8 Å². The van der Waals surface area contributed by atoms with Crippen LogP contribution in [0.3, 0.4) is 0 Å². The molecule has 2 aliphatic carbocycles. The first-order chi connectivity index (χ1) is 15.0. The van der Waals surface area contributed by atoms with Crippen LogP contribution < -0.4 is 11.3 Å². The summed E-state index contributed by atoms with van der Waals surface area (Å²) in [4.78, 5) is 18.2. The lowest BCUT2D eigenvalue weighted by atomic mass is 9.72. The van der Waals surface area contributed by atoms with E-state index in [1.54, 1.807) is 4.57 Å². The fourth-order valence-corrected chi connectivity index (χ4v) is 4.74. The minimum Gasteiger partial charge on any atom is -0.437 e. The molecule has 5 nitrogen and oxygen atoms in total. The van der Waals surface area contributed by atoms with Gasteiger partial charge in [-0.05, 0) is 43.2 Å². The first-order valence-corrected chi connectivity index (χ1v) is 11.0. The maximum atomic E-state index is 13.4. The summed E-state index contributed by atoms with van der Waals surface area (Å²) in [5.74, 6) is 1.87. The minimum absolute atomic E-state index is 0.0484. The third-order valence-electron chi connectivity index (χ3n) is 6.94. The van der Waals surface area contributed by atoms with E-state index in [9.17, 15) is 4.79 Å². The van der Waals surface area contributed by atoms with Gasteiger partial charge in [-0.25, -0.2) is 0 Å². The molecule has 2 aromatic heterocycles. The Balaban J connectivity index is 1.58. The van der Waals surface area contributed by atoms with Crippen LogP contribution in [-0.2, 0) is 12.6 Å². The quantitative estimate of drug-likeness (QED) is 0.508. The van der Waals surface area contributed by atoms with E-state index in [1.165, 1.54) is 6.42 Å². The van der Waals surface area contributed by atoms with Crippen molar-refractivity contribution in [3.05, 3.63) is 76.3 Å². The largest absolute Gasteiger partial charge is 0.437 e. The van der Waals surface area contributed by atoms with E-state index in [4.69, 9.17) is 15.1 Å². The molecule has 5 heteroatoms. The first kappa shape index (κ1) is 18.6. The van der Waals surface area contributed by atoms with Crippen molar-refractivity contribution in [2.24, 2.45) is 12.8 Å². The molecule has 2 heterocycles. The second kappa shape index (κ2) is 6.66. The Morgan fingerprint density at radius 3 is 2.35 bits per heavy atom. The van der Waals surface area contributed by atoms with Crippen molar-refractivity contribution >= 4 is 11.1 Å². The Kier molecular flexibility index (Phi) is 3.99. The van der Waals surface area contributed by atoms with Crippen LogP contribution in [0.2, 0.25) is 0 Å². The molecule has 2 aliphatic rings. The molecule has 2 fully saturated rings. The van der Waals surface area contributed by atoms with Crippen LogP contribution in [0.4, 0.5) is 0 Å². The lowest BCUT2D eigenvalue weighted by molar-refractivity contribution is 0.253. The molecule has 0 atom stereocenters. The highest BCUT2D eigenvalue weighted by Gasteiger charge is 2.34. The second-order valence-electron chi connectivity index (χ2n) is 9.05. The number of furan rings is 1. The Labute approximate surface area is 180 Å². The fourth-order valence-electron chi connectivity index (χ4n) is 4.74. The fraction of sp³-hybridized carbons (Fsp3) is 0.308. The molecule has 0 amide bonds. The Morgan fingerprint density at radius 1 is 1.03 bits per heavy atom. The smallest absolute Gasteiger partial charge is 0.265 e. The Morgan fingerprint density at radius 2 is 1.74 bits per heavy atom. The molecule has 2 aromatic carbocycles. The molecule has 0 spiro atoms. The third-order valence-corrected chi connectivity index (χ3v) is 6.94. The first-order valence-electron chi connectivity index (χ1n) is 11.0. The molecule has 31 heavy (non-hydrogen) atoms. The molecule has 156 valence electrons. The van der Waals surface area contributed by atoms with Crippen LogP contribution in [0.1, 0.15) is 49.4 Å². The molecule has 6 rings (SSSR count). The van der Waals surface area contributed by atoms with Crippen LogP contribution in [0, 0.1) is 0 Å². The van der Waals surface area contributed by atoms with Crippen molar-refractivity contribution in [3.63, 3.8) is 0 Å². The van der Waals surface area contributed by atoms with Gasteiger partial charge in [0.15, 0.2) is 0 Å². The molecule has 0 unspecified atom stereocenters. The second-order valence-corrected chi connectivity index (χ2v) is 9.05. The Bertz CT molecular complexity index is 1340. The van der Waals surface area contributed by atoms with Crippen molar-refractivity contribution in [2.45, 2.75) is 43.6 Å². The summed E-state index contributed by atoms with van der Waals surface area (Å²) >= 11 is 0. The molecule has 0 radical (unpaired) electrons. The monoisotopic (exact) mass is 411 g/mol. The molecule has 4 aromatic rings. The van der Waals surface area contributed by atoms with E-state index in [2.05, 4.69) is 24.3 Å². The van der Waals surface area contributed by atoms with E-state index in [1.807, 2.05) is 37.4 Å². The Hall–Kier alpha value is -3.18. The summed E-state index contributed by atoms with van der Waals surface area (Å²) in [6.07, 6.45) is 5.38. The average molecular weight is 412 g/mol. The van der Waals surface area contributed by atoms with Gasteiger partial charge in [-0.15, -0.1) is 0 Å². The number of nitrogens with two attached hydrogens (primary N) is 1. The molecule has 0 aliphatic heterocycles. The van der Waals surface area contributed by atoms with Gasteiger partial charge in [-0.3, -0.25) is 9.36 Å². The number of hydrogen-bond donors (Lipinski definition) is 1. The van der Waals surface area contributed by atoms with E-state index in [-0.39, 0.29) is 11.1 Å². The predicted molar refractivity (Wildman–Crippen MR) is 122 cm³/mol. The normalized spacial score (nSPS) is 17.6. The van der Waals surface area contributed by atoms with Crippen molar-refractivity contribution < 1.29 is 4.42 Å². The zero-order valence-electron chi connectivity index (χ0n) is 17.6. The topological polar surface area (TPSA) is 74.1 Å². The van der Waals surface area contributed by atoms with Crippen LogP contribution in [-0.4, -0.2) is 9.55 Å². The van der Waals surface area contributed by atoms with Crippen molar-refractivity contribution in [3.8, 4) is 22.5 Å². The zero-order valence-corrected chi connectivity index (χ0v) is 17.6. The summed E-state index contributed by atoms with van der Waals surface area (Å²) < 4.78 is 8.00. The number of fused-ring (bicyclic) bond motifs is 1. The van der Waals surface area contributed by atoms with Gasteiger partial charge >= 0.3 is 0 Å². The van der Waals surface area contributed by atoms with E-state index < -0.39 is 0 Å². The van der Waals surface area contributed by atoms with Gasteiger partial charge < -0.3 is 10.2 Å². The van der Waals surface area contributed by atoms with Gasteiger partial charge in [0.05, 0.1) is 0 Å². The summed E-state index contributed by atoms with van der Waals surface area (Å²) in [5, 5.41) is 0.548. The highest BCUT2D eigenvalue weighted by Crippen LogP contribution is 2.43. The zero-order chi connectivity index (χ0) is 21.2. The van der Waals surface area contributed by atoms with Crippen molar-refractivity contribution in [1.29, 1.82) is 0 Å². The molecular weight excluding hydrogens is 386 g/mol. The number of benzene rings is 2. The van der Waals surface area contributed by atoms with Crippen LogP contribution >= 0.6 is 0 Å². The standard InChI is InChI=1S/C26H25N3O2/c1-29-23(18-8-9-18)28-24-21(25(29)30)20(16-6-3-2-4-7-16)22(31-24)17-10-12-19(13-11-17)26(27)14-5-15-26/h2-4,6-7,10-13,18H,5,8-9,14-15,27H2,1H3. The number of hydrogen-bond acceptors (Lipinski definition) is 4. The molecule has 0 saturated heterocycles. The van der Waals surface area contributed by atoms with Crippen molar-refractivity contribution in [1.82, 2.24) is 9.55 Å². The number of rotatable bonds is 4. The SMILES string of the molecule is Cn1c(C2CC2)nc2oc(-c3ccc(C4(N)CCC4)cc3)c(-c3ccccc3)c2c1=O. The number of aromatic nitrogens is 2. The lowest BCUT2D eigenvalue weighted by Gasteiger charge is -2.38. The van der Waals surface area contributed by atoms with E-state index in [0.717, 1.165) is 53.8 Å². The summed E-state index contributed by atoms with van der Waals surface area (Å²) in [6.45, 7) is 0. The highest BCUT2D eigenvalue weighted by molar-refractivity contribution is 6.00. The van der Waals surface area contributed by atoms with Gasteiger partial charge in [0.1, 0.15) is 17.0 Å². The van der Waals surface area contributed by atoms with Crippen molar-refractivity contribution in [2.75, 3.05) is 0 Å². The highest BCUT2D eigenvalue weighted by atomic mass is 16.3. The minimum atomic E-state index is -0.203. The van der Waals surface area contributed by atoms with Crippen LogP contribution in [0.15, 0.2) is 63.8 Å². The summed E-state index contributed by atoms with van der Waals surface area (Å²) in [7, 11) is 1.82. The molecule has 2 N–H and O–H groups in total. The van der Waals surface area contributed by atoms with Gasteiger partial charge in [-0.1, -0.05) is 54.6 Å². The van der Waals surface area contributed by atoms with Crippen LogP contribution in [0.5, 0.6) is 0 Å². The summed E-state index contributed by atoms with van der Waals surface area (Å²) in [6, 6.07) is 18.3. The maximum Gasteiger partial charge on any atom is 0.265 e. The summed E-state index contributed by atoms with van der Waals surface area (Å²) in [5.41, 5.74) is 10.5. The van der Waals surface area contributed by atoms with Gasteiger partial charge in [0, 0.05) is 29.6 Å². The lowest BCUT2D eigenvalue weighted by Crippen LogP contribution is -2.43. The van der Waals surface area contributed by atoms with Gasteiger partial charge in [-0.2, -0.15) is 4.98 Å². The molecular formula is C26H25N3O2.